The van der Waals surface area contributed by atoms with E-state index in [-0.39, 0.29) is 0 Å². The van der Waals surface area contributed by atoms with Crippen molar-refractivity contribution in [3.05, 3.63) is 16.9 Å². The Morgan fingerprint density at radius 2 is 2.12 bits per heavy atom. The van der Waals surface area contributed by atoms with Crippen molar-refractivity contribution >= 4 is 11.6 Å². The number of hydrogen-bond acceptors (Lipinski definition) is 4. The molecule has 0 saturated carbocycles. The van der Waals surface area contributed by atoms with Gasteiger partial charge in [0.05, 0.1) is 36.2 Å². The first kappa shape index (κ1) is 13.4. The molecule has 92 valence electrons. The first-order chi connectivity index (χ1) is 7.70. The van der Waals surface area contributed by atoms with Crippen molar-refractivity contribution < 1.29 is 14.6 Å². The van der Waals surface area contributed by atoms with Crippen LogP contribution in [0.25, 0.3) is 0 Å². The van der Waals surface area contributed by atoms with E-state index in [0.717, 1.165) is 0 Å². The monoisotopic (exact) mass is 248 g/mol. The summed E-state index contributed by atoms with van der Waals surface area (Å²) in [6.45, 7) is 1.58. The lowest BCUT2D eigenvalue weighted by molar-refractivity contribution is 0.102. The summed E-state index contributed by atoms with van der Waals surface area (Å²) in [5.41, 5.74) is 0.621. The van der Waals surface area contributed by atoms with E-state index in [2.05, 4.69) is 5.10 Å². The Hall–Kier alpha value is -0.620. The van der Waals surface area contributed by atoms with Crippen molar-refractivity contribution in [1.29, 1.82) is 0 Å². The zero-order valence-electron chi connectivity index (χ0n) is 9.52. The van der Waals surface area contributed by atoms with Crippen LogP contribution in [0.4, 0.5) is 0 Å². The van der Waals surface area contributed by atoms with Gasteiger partial charge in [0.25, 0.3) is 0 Å². The van der Waals surface area contributed by atoms with Crippen LogP contribution in [0.2, 0.25) is 5.02 Å². The Labute approximate surface area is 99.9 Å². The summed E-state index contributed by atoms with van der Waals surface area (Å²) in [4.78, 5) is 0. The molecule has 16 heavy (non-hydrogen) atoms. The zero-order valence-corrected chi connectivity index (χ0v) is 10.3. The number of aliphatic hydroxyl groups is 1. The highest BCUT2D eigenvalue weighted by Crippen LogP contribution is 2.24. The minimum atomic E-state index is -0.660. The number of aromatic nitrogens is 2. The molecule has 1 aromatic heterocycles. The molecule has 1 unspecified atom stereocenters. The average Bonchev–Trinajstić information content (AvgIpc) is 2.64. The lowest BCUT2D eigenvalue weighted by atomic mass is 10.2. The van der Waals surface area contributed by atoms with Crippen molar-refractivity contribution in [2.24, 2.45) is 0 Å². The number of hydrogen-bond donors (Lipinski definition) is 1. The Morgan fingerprint density at radius 3 is 2.75 bits per heavy atom. The van der Waals surface area contributed by atoms with Gasteiger partial charge in [-0.2, -0.15) is 5.10 Å². The molecule has 1 aromatic rings. The second kappa shape index (κ2) is 6.85. The highest BCUT2D eigenvalue weighted by atomic mass is 35.5. The van der Waals surface area contributed by atoms with Crippen LogP contribution in [-0.2, 0) is 16.0 Å². The lowest BCUT2D eigenvalue weighted by Crippen LogP contribution is -2.13. The highest BCUT2D eigenvalue weighted by Gasteiger charge is 2.17. The number of methoxy groups -OCH3 is 2. The van der Waals surface area contributed by atoms with Gasteiger partial charge < -0.3 is 14.6 Å². The minimum Gasteiger partial charge on any atom is -0.387 e. The Morgan fingerprint density at radius 1 is 1.44 bits per heavy atom. The normalized spacial score (nSPS) is 13.0. The molecular weight excluding hydrogens is 232 g/mol. The topological polar surface area (TPSA) is 56.5 Å². The molecule has 1 atom stereocenters. The van der Waals surface area contributed by atoms with Gasteiger partial charge in [-0.15, -0.1) is 0 Å². The van der Waals surface area contributed by atoms with E-state index in [4.69, 9.17) is 21.1 Å². The molecule has 1 rings (SSSR count). The van der Waals surface area contributed by atoms with Crippen LogP contribution in [0.1, 0.15) is 18.2 Å². The molecule has 0 aliphatic carbocycles. The molecule has 0 bridgehead atoms. The molecule has 0 spiro atoms. The van der Waals surface area contributed by atoms with Gasteiger partial charge in [0, 0.05) is 27.2 Å². The van der Waals surface area contributed by atoms with Crippen molar-refractivity contribution in [3.63, 3.8) is 0 Å². The van der Waals surface area contributed by atoms with Gasteiger partial charge in [-0.25, -0.2) is 0 Å². The van der Waals surface area contributed by atoms with Gasteiger partial charge in [0.1, 0.15) is 0 Å². The first-order valence-electron chi connectivity index (χ1n) is 5.07. The predicted octanol–water partition coefficient (Wildman–Crippen LogP) is 1.25. The standard InChI is InChI=1S/C10H17ClN2O3/c1-15-5-3-9(14)10-8(11)7-12-13(10)4-6-16-2/h7,9,14H,3-6H2,1-2H3. The van der Waals surface area contributed by atoms with Crippen molar-refractivity contribution in [3.8, 4) is 0 Å². The molecule has 1 heterocycles. The molecule has 0 fully saturated rings. The Kier molecular flexibility index (Phi) is 5.76. The van der Waals surface area contributed by atoms with E-state index in [9.17, 15) is 5.11 Å². The van der Waals surface area contributed by atoms with Crippen LogP contribution in [0.3, 0.4) is 0 Å². The summed E-state index contributed by atoms with van der Waals surface area (Å²) in [6.07, 6.45) is 1.36. The van der Waals surface area contributed by atoms with E-state index in [1.165, 1.54) is 6.20 Å². The maximum Gasteiger partial charge on any atom is 0.0993 e. The van der Waals surface area contributed by atoms with Gasteiger partial charge in [0.2, 0.25) is 0 Å². The number of halogens is 1. The lowest BCUT2D eigenvalue weighted by Gasteiger charge is -2.13. The maximum absolute atomic E-state index is 9.94. The van der Waals surface area contributed by atoms with Crippen LogP contribution in [-0.4, -0.2) is 42.3 Å². The van der Waals surface area contributed by atoms with Crippen LogP contribution in [0.5, 0.6) is 0 Å². The van der Waals surface area contributed by atoms with Gasteiger partial charge in [0.15, 0.2) is 0 Å². The summed E-state index contributed by atoms with van der Waals surface area (Å²) < 4.78 is 11.5. The minimum absolute atomic E-state index is 0.472. The second-order valence-electron chi connectivity index (χ2n) is 3.39. The van der Waals surface area contributed by atoms with E-state index in [0.29, 0.717) is 36.9 Å². The van der Waals surface area contributed by atoms with E-state index in [1.807, 2.05) is 0 Å². The summed E-state index contributed by atoms with van der Waals surface area (Å²) in [5.74, 6) is 0. The number of rotatable bonds is 7. The fraction of sp³-hybridized carbons (Fsp3) is 0.700. The molecule has 0 aromatic carbocycles. The summed E-state index contributed by atoms with van der Waals surface area (Å²) in [5, 5.41) is 14.5. The molecule has 0 amide bonds. The Bertz CT molecular complexity index is 317. The third-order valence-electron chi connectivity index (χ3n) is 2.25. The number of aliphatic hydroxyl groups excluding tert-OH is 1. The van der Waals surface area contributed by atoms with Crippen molar-refractivity contribution in [1.82, 2.24) is 9.78 Å². The largest absolute Gasteiger partial charge is 0.387 e. The van der Waals surface area contributed by atoms with Gasteiger partial charge in [-0.1, -0.05) is 11.6 Å². The third kappa shape index (κ3) is 3.45. The smallest absolute Gasteiger partial charge is 0.0993 e. The van der Waals surface area contributed by atoms with E-state index in [1.54, 1.807) is 18.9 Å². The molecule has 1 N–H and O–H groups in total. The van der Waals surface area contributed by atoms with Gasteiger partial charge in [-0.05, 0) is 0 Å². The summed E-state index contributed by atoms with van der Waals surface area (Å²) in [6, 6.07) is 0. The maximum atomic E-state index is 9.94. The van der Waals surface area contributed by atoms with Crippen molar-refractivity contribution in [2.75, 3.05) is 27.4 Å². The summed E-state index contributed by atoms with van der Waals surface area (Å²) >= 11 is 5.97. The third-order valence-corrected chi connectivity index (χ3v) is 2.54. The van der Waals surface area contributed by atoms with E-state index < -0.39 is 6.10 Å². The fourth-order valence-electron chi connectivity index (χ4n) is 1.43. The molecule has 0 radical (unpaired) electrons. The van der Waals surface area contributed by atoms with Gasteiger partial charge in [-0.3, -0.25) is 4.68 Å². The molecule has 5 nitrogen and oxygen atoms in total. The van der Waals surface area contributed by atoms with Gasteiger partial charge >= 0.3 is 0 Å². The quantitative estimate of drug-likeness (QED) is 0.789. The average molecular weight is 249 g/mol. The molecule has 0 aliphatic heterocycles. The van der Waals surface area contributed by atoms with Crippen molar-refractivity contribution in [2.45, 2.75) is 19.1 Å². The molecular formula is C10H17ClN2O3. The predicted molar refractivity (Wildman–Crippen MR) is 60.6 cm³/mol. The highest BCUT2D eigenvalue weighted by molar-refractivity contribution is 6.31. The summed E-state index contributed by atoms with van der Waals surface area (Å²) in [7, 11) is 3.21. The second-order valence-corrected chi connectivity index (χ2v) is 3.80. The first-order valence-corrected chi connectivity index (χ1v) is 5.45. The number of nitrogens with zero attached hydrogens (tertiary/aromatic N) is 2. The van der Waals surface area contributed by atoms with Crippen LogP contribution in [0.15, 0.2) is 6.20 Å². The van der Waals surface area contributed by atoms with Crippen LogP contribution in [0, 0.1) is 0 Å². The molecule has 0 saturated heterocycles. The SMILES string of the molecule is COCCC(O)c1c(Cl)cnn1CCOC. The van der Waals surface area contributed by atoms with Crippen LogP contribution >= 0.6 is 11.6 Å². The molecule has 6 heteroatoms. The fourth-order valence-corrected chi connectivity index (χ4v) is 1.69. The molecule has 0 aliphatic rings. The number of ether oxygens (including phenoxy) is 2. The Balaban J connectivity index is 2.71. The van der Waals surface area contributed by atoms with Crippen LogP contribution < -0.4 is 0 Å². The zero-order chi connectivity index (χ0) is 12.0. The van der Waals surface area contributed by atoms with E-state index >= 15 is 0 Å².